The summed E-state index contributed by atoms with van der Waals surface area (Å²) in [5.41, 5.74) is 0.517. The summed E-state index contributed by atoms with van der Waals surface area (Å²) in [6.07, 6.45) is 0.575. The Morgan fingerprint density at radius 1 is 1.38 bits per heavy atom. The van der Waals surface area contributed by atoms with Crippen molar-refractivity contribution >= 4 is 5.91 Å². The highest BCUT2D eigenvalue weighted by molar-refractivity contribution is 5.96. The Kier molecular flexibility index (Phi) is 4.86. The van der Waals surface area contributed by atoms with Crippen molar-refractivity contribution < 1.29 is 9.53 Å². The molecule has 7 heteroatoms. The van der Waals surface area contributed by atoms with E-state index in [-0.39, 0.29) is 11.9 Å². The van der Waals surface area contributed by atoms with Crippen molar-refractivity contribution in [1.82, 2.24) is 25.5 Å². The minimum atomic E-state index is -0.170. The number of tetrazole rings is 1. The summed E-state index contributed by atoms with van der Waals surface area (Å²) in [4.78, 5) is 12.1. The number of ether oxygens (including phenoxy) is 1. The van der Waals surface area contributed by atoms with Crippen molar-refractivity contribution in [2.45, 2.75) is 26.3 Å². The highest BCUT2D eigenvalue weighted by Crippen LogP contribution is 2.16. The van der Waals surface area contributed by atoms with E-state index in [4.69, 9.17) is 4.74 Å². The van der Waals surface area contributed by atoms with Crippen LogP contribution in [0, 0.1) is 0 Å². The second-order valence-corrected chi connectivity index (χ2v) is 4.84. The Labute approximate surface area is 123 Å². The summed E-state index contributed by atoms with van der Waals surface area (Å²) >= 11 is 0. The van der Waals surface area contributed by atoms with Gasteiger partial charge in [0.25, 0.3) is 5.91 Å². The molecule has 0 aliphatic carbocycles. The fourth-order valence-corrected chi connectivity index (χ4v) is 1.99. The van der Waals surface area contributed by atoms with E-state index in [2.05, 4.69) is 20.8 Å². The molecule has 0 fully saturated rings. The molecule has 112 valence electrons. The Morgan fingerprint density at radius 2 is 2.14 bits per heavy atom. The second-order valence-electron chi connectivity index (χ2n) is 4.84. The number of nitrogens with zero attached hydrogens (tertiary/aromatic N) is 4. The highest BCUT2D eigenvalue weighted by Gasteiger charge is 2.12. The minimum absolute atomic E-state index is 0.170. The molecule has 0 atom stereocenters. The van der Waals surface area contributed by atoms with Gasteiger partial charge in [-0.05, 0) is 36.4 Å². The summed E-state index contributed by atoms with van der Waals surface area (Å²) in [7, 11) is 1.54. The lowest BCUT2D eigenvalue weighted by atomic mass is 10.2. The maximum atomic E-state index is 12.1. The van der Waals surface area contributed by atoms with Gasteiger partial charge in [0, 0.05) is 13.0 Å². The molecule has 7 nitrogen and oxygen atoms in total. The molecule has 0 spiro atoms. The van der Waals surface area contributed by atoms with Gasteiger partial charge in [-0.25, -0.2) is 4.68 Å². The van der Waals surface area contributed by atoms with Crippen LogP contribution >= 0.6 is 0 Å². The van der Waals surface area contributed by atoms with Gasteiger partial charge in [0.05, 0.1) is 18.7 Å². The number of nitrogens with one attached hydrogen (secondary N) is 1. The SMILES string of the molecule is COc1ccccc1C(=O)NCCc1nnnn1C(C)C. The minimum Gasteiger partial charge on any atom is -0.496 e. The van der Waals surface area contributed by atoms with Crippen molar-refractivity contribution in [2.24, 2.45) is 0 Å². The zero-order valence-corrected chi connectivity index (χ0v) is 12.4. The van der Waals surface area contributed by atoms with E-state index in [1.165, 1.54) is 0 Å². The van der Waals surface area contributed by atoms with Crippen LogP contribution in [0.5, 0.6) is 5.75 Å². The topological polar surface area (TPSA) is 81.9 Å². The Morgan fingerprint density at radius 3 is 2.86 bits per heavy atom. The second kappa shape index (κ2) is 6.83. The number of aromatic nitrogens is 4. The molecule has 0 saturated heterocycles. The first-order valence-corrected chi connectivity index (χ1v) is 6.81. The number of methoxy groups -OCH3 is 1. The van der Waals surface area contributed by atoms with Crippen LogP contribution in [0.4, 0.5) is 0 Å². The van der Waals surface area contributed by atoms with Gasteiger partial charge in [0.1, 0.15) is 5.75 Å². The zero-order chi connectivity index (χ0) is 15.2. The molecular formula is C14H19N5O2. The fraction of sp³-hybridized carbons (Fsp3) is 0.429. The average molecular weight is 289 g/mol. The molecule has 0 bridgehead atoms. The molecule has 2 aromatic rings. The smallest absolute Gasteiger partial charge is 0.255 e. The van der Waals surface area contributed by atoms with Crippen LogP contribution < -0.4 is 10.1 Å². The first kappa shape index (κ1) is 15.0. The molecule has 0 aliphatic rings. The van der Waals surface area contributed by atoms with E-state index in [9.17, 15) is 4.79 Å². The van der Waals surface area contributed by atoms with Gasteiger partial charge in [0.15, 0.2) is 5.82 Å². The largest absolute Gasteiger partial charge is 0.496 e. The lowest BCUT2D eigenvalue weighted by Gasteiger charge is -2.10. The fourth-order valence-electron chi connectivity index (χ4n) is 1.99. The van der Waals surface area contributed by atoms with Gasteiger partial charge in [-0.1, -0.05) is 12.1 Å². The number of carbonyl (C=O) groups is 1. The van der Waals surface area contributed by atoms with Gasteiger partial charge in [0.2, 0.25) is 0 Å². The number of hydrogen-bond acceptors (Lipinski definition) is 5. The van der Waals surface area contributed by atoms with E-state index < -0.39 is 0 Å². The van der Waals surface area contributed by atoms with E-state index in [1.54, 1.807) is 30.0 Å². The van der Waals surface area contributed by atoms with E-state index in [1.807, 2.05) is 19.9 Å². The van der Waals surface area contributed by atoms with Crippen molar-refractivity contribution in [2.75, 3.05) is 13.7 Å². The molecule has 1 aromatic heterocycles. The van der Waals surface area contributed by atoms with Crippen LogP contribution in [0.2, 0.25) is 0 Å². The molecule has 21 heavy (non-hydrogen) atoms. The van der Waals surface area contributed by atoms with Gasteiger partial charge >= 0.3 is 0 Å². The molecule has 1 heterocycles. The number of para-hydroxylation sites is 1. The van der Waals surface area contributed by atoms with Crippen LogP contribution in [0.3, 0.4) is 0 Å². The summed E-state index contributed by atoms with van der Waals surface area (Å²) in [5, 5.41) is 14.4. The first-order valence-electron chi connectivity index (χ1n) is 6.81. The summed E-state index contributed by atoms with van der Waals surface area (Å²) < 4.78 is 6.92. The average Bonchev–Trinajstić information content (AvgIpc) is 2.95. The first-order chi connectivity index (χ1) is 10.1. The molecular weight excluding hydrogens is 270 g/mol. The normalized spacial score (nSPS) is 10.7. The maximum Gasteiger partial charge on any atom is 0.255 e. The van der Waals surface area contributed by atoms with E-state index in [0.29, 0.717) is 24.3 Å². The third-order valence-corrected chi connectivity index (χ3v) is 3.04. The lowest BCUT2D eigenvalue weighted by molar-refractivity contribution is 0.0951. The van der Waals surface area contributed by atoms with Crippen molar-refractivity contribution in [3.8, 4) is 5.75 Å². The van der Waals surface area contributed by atoms with Gasteiger partial charge in [-0.2, -0.15) is 0 Å². The van der Waals surface area contributed by atoms with Crippen LogP contribution in [0.1, 0.15) is 36.1 Å². The molecule has 0 aliphatic heterocycles. The summed E-state index contributed by atoms with van der Waals surface area (Å²) in [6, 6.07) is 7.31. The van der Waals surface area contributed by atoms with Gasteiger partial charge < -0.3 is 10.1 Å². The highest BCUT2D eigenvalue weighted by atomic mass is 16.5. The maximum absolute atomic E-state index is 12.1. The molecule has 1 N–H and O–H groups in total. The Balaban J connectivity index is 1.94. The number of benzene rings is 1. The monoisotopic (exact) mass is 289 g/mol. The molecule has 1 amide bonds. The number of amides is 1. The standard InChI is InChI=1S/C14H19N5O2/c1-10(2)19-13(16-17-18-19)8-9-15-14(20)11-6-4-5-7-12(11)21-3/h4-7,10H,8-9H2,1-3H3,(H,15,20). The van der Waals surface area contributed by atoms with Crippen molar-refractivity contribution in [3.63, 3.8) is 0 Å². The Bertz CT molecular complexity index is 609. The Hall–Kier alpha value is -2.44. The van der Waals surface area contributed by atoms with Crippen molar-refractivity contribution in [3.05, 3.63) is 35.7 Å². The molecule has 2 rings (SSSR count). The van der Waals surface area contributed by atoms with Crippen LogP contribution in [-0.2, 0) is 6.42 Å². The third kappa shape index (κ3) is 3.56. The zero-order valence-electron chi connectivity index (χ0n) is 12.4. The van der Waals surface area contributed by atoms with Crippen LogP contribution in [-0.4, -0.2) is 39.8 Å². The molecule has 1 aromatic carbocycles. The lowest BCUT2D eigenvalue weighted by Crippen LogP contribution is -2.27. The van der Waals surface area contributed by atoms with E-state index in [0.717, 1.165) is 5.82 Å². The summed E-state index contributed by atoms with van der Waals surface area (Å²) in [5.74, 6) is 1.14. The van der Waals surface area contributed by atoms with Gasteiger partial charge in [-0.3, -0.25) is 4.79 Å². The van der Waals surface area contributed by atoms with Gasteiger partial charge in [-0.15, -0.1) is 5.10 Å². The predicted octanol–water partition coefficient (Wildman–Crippen LogP) is 1.24. The van der Waals surface area contributed by atoms with E-state index >= 15 is 0 Å². The molecule has 0 radical (unpaired) electrons. The summed E-state index contributed by atoms with van der Waals surface area (Å²) in [6.45, 7) is 4.48. The van der Waals surface area contributed by atoms with Crippen LogP contribution in [0.25, 0.3) is 0 Å². The van der Waals surface area contributed by atoms with Crippen LogP contribution in [0.15, 0.2) is 24.3 Å². The number of rotatable bonds is 6. The molecule has 0 unspecified atom stereocenters. The predicted molar refractivity (Wildman–Crippen MR) is 77.2 cm³/mol. The number of hydrogen-bond donors (Lipinski definition) is 1. The van der Waals surface area contributed by atoms with Crippen molar-refractivity contribution in [1.29, 1.82) is 0 Å². The quantitative estimate of drug-likeness (QED) is 0.865. The third-order valence-electron chi connectivity index (χ3n) is 3.04. The molecule has 0 saturated carbocycles. The number of carbonyl (C=O) groups excluding carboxylic acids is 1.